The molecule has 1 saturated heterocycles. The van der Waals surface area contributed by atoms with Gasteiger partial charge in [0, 0.05) is 13.1 Å². The highest BCUT2D eigenvalue weighted by molar-refractivity contribution is 5.78. The number of benzene rings is 2. The number of fused-ring (bicyclic) bond motifs is 1. The van der Waals surface area contributed by atoms with Crippen molar-refractivity contribution in [3.05, 3.63) is 59.9 Å². The van der Waals surface area contributed by atoms with E-state index in [1.165, 1.54) is 12.1 Å². The largest absolute Gasteiger partial charge is 0.444 e. The zero-order valence-electron chi connectivity index (χ0n) is 18.3. The second-order valence-electron chi connectivity index (χ2n) is 8.99. The van der Waals surface area contributed by atoms with Crippen molar-refractivity contribution >= 4 is 23.1 Å². The smallest absolute Gasteiger partial charge is 0.410 e. The minimum Gasteiger partial charge on any atom is -0.444 e. The SMILES string of the molecule is CC(C)(C)OC(=O)N1CCC[C@@H]1CNc1nc2ccccc2n1Cc1ccc(F)cc1. The van der Waals surface area contributed by atoms with Crippen LogP contribution in [-0.4, -0.2) is 45.3 Å². The Hall–Kier alpha value is -3.09. The third-order valence-electron chi connectivity index (χ3n) is 5.41. The van der Waals surface area contributed by atoms with Crippen LogP contribution in [0.15, 0.2) is 48.5 Å². The Kier molecular flexibility index (Phi) is 5.85. The zero-order chi connectivity index (χ0) is 22.0. The first-order valence-electron chi connectivity index (χ1n) is 10.7. The van der Waals surface area contributed by atoms with E-state index in [1.807, 2.05) is 49.9 Å². The van der Waals surface area contributed by atoms with Gasteiger partial charge in [-0.15, -0.1) is 0 Å². The Morgan fingerprint density at radius 2 is 1.94 bits per heavy atom. The zero-order valence-corrected chi connectivity index (χ0v) is 18.3. The van der Waals surface area contributed by atoms with Crippen LogP contribution in [0, 0.1) is 5.82 Å². The van der Waals surface area contributed by atoms with Crippen molar-refractivity contribution in [3.63, 3.8) is 0 Å². The standard InChI is InChI=1S/C24H29FN4O2/c1-24(2,3)31-23(30)28-14-6-7-19(28)15-26-22-27-20-8-4-5-9-21(20)29(22)16-17-10-12-18(25)13-11-17/h4-5,8-13,19H,6-7,14-16H2,1-3H3,(H,26,27)/t19-/m1/s1. The van der Waals surface area contributed by atoms with Crippen molar-refractivity contribution in [2.24, 2.45) is 0 Å². The highest BCUT2D eigenvalue weighted by atomic mass is 19.1. The van der Waals surface area contributed by atoms with E-state index in [0.717, 1.165) is 35.4 Å². The number of imidazole rings is 1. The third kappa shape index (κ3) is 4.98. The van der Waals surface area contributed by atoms with Crippen LogP contribution in [0.4, 0.5) is 15.1 Å². The number of likely N-dealkylation sites (tertiary alicyclic amines) is 1. The average Bonchev–Trinajstić information content (AvgIpc) is 3.32. The van der Waals surface area contributed by atoms with Crippen LogP contribution in [-0.2, 0) is 11.3 Å². The molecule has 1 atom stereocenters. The van der Waals surface area contributed by atoms with Gasteiger partial charge in [-0.25, -0.2) is 14.2 Å². The quantitative estimate of drug-likeness (QED) is 0.624. The molecule has 6 nitrogen and oxygen atoms in total. The monoisotopic (exact) mass is 424 g/mol. The number of carbonyl (C=O) groups is 1. The molecule has 2 aromatic carbocycles. The minimum absolute atomic E-state index is 0.0499. The van der Waals surface area contributed by atoms with E-state index in [9.17, 15) is 9.18 Å². The van der Waals surface area contributed by atoms with E-state index in [1.54, 1.807) is 12.1 Å². The summed E-state index contributed by atoms with van der Waals surface area (Å²) in [4.78, 5) is 19.2. The number of hydrogen-bond acceptors (Lipinski definition) is 4. The molecule has 31 heavy (non-hydrogen) atoms. The lowest BCUT2D eigenvalue weighted by Crippen LogP contribution is -2.42. The van der Waals surface area contributed by atoms with Gasteiger partial charge < -0.3 is 19.5 Å². The number of anilines is 1. The Morgan fingerprint density at radius 3 is 2.68 bits per heavy atom. The Balaban J connectivity index is 1.53. The predicted octanol–water partition coefficient (Wildman–Crippen LogP) is 5.04. The van der Waals surface area contributed by atoms with Crippen LogP contribution in [0.3, 0.4) is 0 Å². The van der Waals surface area contributed by atoms with Crippen LogP contribution in [0.2, 0.25) is 0 Å². The van der Waals surface area contributed by atoms with Gasteiger partial charge in [0.25, 0.3) is 0 Å². The van der Waals surface area contributed by atoms with Gasteiger partial charge in [-0.1, -0.05) is 24.3 Å². The number of hydrogen-bond donors (Lipinski definition) is 1. The molecule has 0 saturated carbocycles. The molecule has 1 aliphatic heterocycles. The molecule has 3 aromatic rings. The van der Waals surface area contributed by atoms with E-state index in [0.29, 0.717) is 19.6 Å². The molecule has 1 aliphatic rings. The molecule has 2 heterocycles. The Labute approximate surface area is 182 Å². The highest BCUT2D eigenvalue weighted by Gasteiger charge is 2.32. The molecule has 1 aromatic heterocycles. The fourth-order valence-electron chi connectivity index (χ4n) is 3.96. The number of para-hydroxylation sites is 2. The first kappa shape index (κ1) is 21.2. The number of aromatic nitrogens is 2. The molecule has 164 valence electrons. The molecule has 7 heteroatoms. The normalized spacial score (nSPS) is 16.6. The maximum Gasteiger partial charge on any atom is 0.410 e. The maximum atomic E-state index is 13.3. The number of halogens is 1. The van der Waals surface area contributed by atoms with Gasteiger partial charge in [0.15, 0.2) is 0 Å². The van der Waals surface area contributed by atoms with Crippen LogP contribution in [0.1, 0.15) is 39.2 Å². The highest BCUT2D eigenvalue weighted by Crippen LogP contribution is 2.24. The van der Waals surface area contributed by atoms with Gasteiger partial charge in [0.1, 0.15) is 11.4 Å². The summed E-state index contributed by atoms with van der Waals surface area (Å²) >= 11 is 0. The van der Waals surface area contributed by atoms with E-state index >= 15 is 0 Å². The molecule has 0 unspecified atom stereocenters. The molecule has 0 radical (unpaired) electrons. The van der Waals surface area contributed by atoms with Crippen molar-refractivity contribution in [2.75, 3.05) is 18.4 Å². The molecule has 1 amide bonds. The lowest BCUT2D eigenvalue weighted by Gasteiger charge is -2.28. The lowest BCUT2D eigenvalue weighted by molar-refractivity contribution is 0.0235. The summed E-state index contributed by atoms with van der Waals surface area (Å²) in [7, 11) is 0. The number of carbonyl (C=O) groups excluding carboxylic acids is 1. The fourth-order valence-corrected chi connectivity index (χ4v) is 3.96. The summed E-state index contributed by atoms with van der Waals surface area (Å²) in [6, 6.07) is 14.5. The second-order valence-corrected chi connectivity index (χ2v) is 8.99. The van der Waals surface area contributed by atoms with E-state index in [-0.39, 0.29) is 18.0 Å². The first-order valence-corrected chi connectivity index (χ1v) is 10.7. The van der Waals surface area contributed by atoms with Crippen LogP contribution in [0.5, 0.6) is 0 Å². The first-order chi connectivity index (χ1) is 14.8. The number of ether oxygens (including phenoxy) is 1. The average molecular weight is 425 g/mol. The molecule has 0 bridgehead atoms. The molecule has 1 N–H and O–H groups in total. The van der Waals surface area contributed by atoms with E-state index in [4.69, 9.17) is 9.72 Å². The molecule has 4 rings (SSSR count). The summed E-state index contributed by atoms with van der Waals surface area (Å²) in [5, 5.41) is 3.45. The Morgan fingerprint density at radius 1 is 1.19 bits per heavy atom. The van der Waals surface area contributed by atoms with E-state index < -0.39 is 5.60 Å². The van der Waals surface area contributed by atoms with Crippen molar-refractivity contribution < 1.29 is 13.9 Å². The van der Waals surface area contributed by atoms with Gasteiger partial charge in [-0.3, -0.25) is 0 Å². The third-order valence-corrected chi connectivity index (χ3v) is 5.41. The van der Waals surface area contributed by atoms with Crippen LogP contribution >= 0.6 is 0 Å². The maximum absolute atomic E-state index is 13.3. The second kappa shape index (κ2) is 8.57. The summed E-state index contributed by atoms with van der Waals surface area (Å²) in [6.07, 6.45) is 1.61. The number of amides is 1. The van der Waals surface area contributed by atoms with Crippen LogP contribution < -0.4 is 5.32 Å². The number of rotatable bonds is 5. The van der Waals surface area contributed by atoms with Crippen molar-refractivity contribution in [1.29, 1.82) is 0 Å². The molecule has 0 aliphatic carbocycles. The summed E-state index contributed by atoms with van der Waals surface area (Å²) in [5.74, 6) is 0.489. The predicted molar refractivity (Wildman–Crippen MR) is 120 cm³/mol. The number of nitrogens with zero attached hydrogens (tertiary/aromatic N) is 3. The van der Waals surface area contributed by atoms with Gasteiger partial charge >= 0.3 is 6.09 Å². The number of nitrogens with one attached hydrogen (secondary N) is 1. The molecule has 0 spiro atoms. The molecule has 1 fully saturated rings. The molecular formula is C24H29FN4O2. The van der Waals surface area contributed by atoms with Crippen molar-refractivity contribution in [1.82, 2.24) is 14.5 Å². The summed E-state index contributed by atoms with van der Waals surface area (Å²) in [5.41, 5.74) is 2.37. The van der Waals surface area contributed by atoms with Crippen molar-refractivity contribution in [2.45, 2.75) is 51.8 Å². The van der Waals surface area contributed by atoms with Gasteiger partial charge in [-0.2, -0.15) is 0 Å². The lowest BCUT2D eigenvalue weighted by atomic mass is 10.2. The van der Waals surface area contributed by atoms with Gasteiger partial charge in [0.2, 0.25) is 5.95 Å². The summed E-state index contributed by atoms with van der Waals surface area (Å²) < 4.78 is 21.0. The van der Waals surface area contributed by atoms with Crippen molar-refractivity contribution in [3.8, 4) is 0 Å². The fraction of sp³-hybridized carbons (Fsp3) is 0.417. The molecular weight excluding hydrogens is 395 g/mol. The minimum atomic E-state index is -0.513. The van der Waals surface area contributed by atoms with Gasteiger partial charge in [-0.05, 0) is 63.4 Å². The topological polar surface area (TPSA) is 59.4 Å². The van der Waals surface area contributed by atoms with Gasteiger partial charge in [0.05, 0.1) is 23.6 Å². The summed E-state index contributed by atoms with van der Waals surface area (Å²) in [6.45, 7) is 7.51. The van der Waals surface area contributed by atoms with Crippen LogP contribution in [0.25, 0.3) is 11.0 Å². The van der Waals surface area contributed by atoms with E-state index in [2.05, 4.69) is 9.88 Å². The Bertz CT molecular complexity index is 1060.